The summed E-state index contributed by atoms with van der Waals surface area (Å²) in [7, 11) is 0. The Labute approximate surface area is 106 Å². The van der Waals surface area contributed by atoms with E-state index in [1.807, 2.05) is 60.7 Å². The van der Waals surface area contributed by atoms with E-state index in [-0.39, 0.29) is 5.78 Å². The molecular formula is C15H13ClO. The molecule has 0 saturated heterocycles. The molecule has 0 aliphatic rings. The number of benzene rings is 2. The van der Waals surface area contributed by atoms with Crippen molar-refractivity contribution in [2.24, 2.45) is 0 Å². The second kappa shape index (κ2) is 5.65. The molecule has 86 valence electrons. The standard InChI is InChI=1S/C15H13ClO/c16-15(13-9-5-2-6-10-13)14(17)11-12-7-3-1-4-8-12/h1-10,15H,11H2/t15-/m1/s1. The van der Waals surface area contributed by atoms with Gasteiger partial charge in [0, 0.05) is 6.42 Å². The minimum atomic E-state index is -0.559. The highest BCUT2D eigenvalue weighted by Crippen LogP contribution is 2.22. The molecule has 17 heavy (non-hydrogen) atoms. The summed E-state index contributed by atoms with van der Waals surface area (Å²) in [5, 5.41) is -0.559. The average Bonchev–Trinajstić information content (AvgIpc) is 2.40. The first kappa shape index (κ1) is 11.9. The Balaban J connectivity index is 2.06. The molecule has 0 N–H and O–H groups in total. The molecular weight excluding hydrogens is 232 g/mol. The van der Waals surface area contributed by atoms with Crippen LogP contribution < -0.4 is 0 Å². The van der Waals surface area contributed by atoms with Crippen LogP contribution in [-0.2, 0) is 11.2 Å². The van der Waals surface area contributed by atoms with E-state index < -0.39 is 5.38 Å². The molecule has 0 radical (unpaired) electrons. The first-order valence-corrected chi connectivity index (χ1v) is 5.96. The fourth-order valence-electron chi connectivity index (χ4n) is 1.69. The molecule has 0 amide bonds. The van der Waals surface area contributed by atoms with Gasteiger partial charge in [0.1, 0.15) is 5.38 Å². The predicted molar refractivity (Wildman–Crippen MR) is 70.2 cm³/mol. The zero-order chi connectivity index (χ0) is 12.1. The van der Waals surface area contributed by atoms with E-state index in [1.54, 1.807) is 0 Å². The van der Waals surface area contributed by atoms with E-state index in [0.29, 0.717) is 6.42 Å². The molecule has 0 heterocycles. The van der Waals surface area contributed by atoms with Crippen LogP contribution in [0.25, 0.3) is 0 Å². The number of hydrogen-bond acceptors (Lipinski definition) is 1. The van der Waals surface area contributed by atoms with Gasteiger partial charge in [-0.1, -0.05) is 60.7 Å². The average molecular weight is 245 g/mol. The lowest BCUT2D eigenvalue weighted by Gasteiger charge is -2.08. The van der Waals surface area contributed by atoms with Crippen molar-refractivity contribution in [3.05, 3.63) is 71.8 Å². The van der Waals surface area contributed by atoms with Crippen molar-refractivity contribution in [3.63, 3.8) is 0 Å². The van der Waals surface area contributed by atoms with E-state index in [2.05, 4.69) is 0 Å². The molecule has 2 aromatic carbocycles. The lowest BCUT2D eigenvalue weighted by atomic mass is 10.0. The van der Waals surface area contributed by atoms with E-state index >= 15 is 0 Å². The van der Waals surface area contributed by atoms with Crippen LogP contribution in [0.1, 0.15) is 16.5 Å². The molecule has 0 bridgehead atoms. The summed E-state index contributed by atoms with van der Waals surface area (Å²) in [5.74, 6) is 0.0315. The summed E-state index contributed by atoms with van der Waals surface area (Å²) in [5.41, 5.74) is 1.86. The lowest BCUT2D eigenvalue weighted by Crippen LogP contribution is -2.09. The highest BCUT2D eigenvalue weighted by molar-refractivity contribution is 6.31. The van der Waals surface area contributed by atoms with E-state index in [4.69, 9.17) is 11.6 Å². The monoisotopic (exact) mass is 244 g/mol. The Hall–Kier alpha value is -1.60. The number of carbonyl (C=O) groups excluding carboxylic acids is 1. The summed E-state index contributed by atoms with van der Waals surface area (Å²) in [6, 6.07) is 19.1. The minimum Gasteiger partial charge on any atom is -0.297 e. The topological polar surface area (TPSA) is 17.1 Å². The third kappa shape index (κ3) is 3.18. The molecule has 2 aromatic rings. The van der Waals surface area contributed by atoms with Gasteiger partial charge in [0.15, 0.2) is 5.78 Å². The third-order valence-electron chi connectivity index (χ3n) is 2.60. The first-order chi connectivity index (χ1) is 8.27. The van der Waals surface area contributed by atoms with Crippen LogP contribution in [0.5, 0.6) is 0 Å². The van der Waals surface area contributed by atoms with Crippen molar-refractivity contribution in [1.82, 2.24) is 0 Å². The Bertz CT molecular complexity index is 479. The van der Waals surface area contributed by atoms with Crippen LogP contribution in [0, 0.1) is 0 Å². The molecule has 0 fully saturated rings. The van der Waals surface area contributed by atoms with Gasteiger partial charge >= 0.3 is 0 Å². The zero-order valence-electron chi connectivity index (χ0n) is 9.34. The quantitative estimate of drug-likeness (QED) is 0.748. The number of ketones is 1. The van der Waals surface area contributed by atoms with Gasteiger partial charge in [0.2, 0.25) is 0 Å². The van der Waals surface area contributed by atoms with Gasteiger partial charge in [-0.25, -0.2) is 0 Å². The van der Waals surface area contributed by atoms with E-state index in [9.17, 15) is 4.79 Å². The number of alkyl halides is 1. The van der Waals surface area contributed by atoms with Gasteiger partial charge in [0.25, 0.3) is 0 Å². The Morgan fingerprint density at radius 1 is 0.941 bits per heavy atom. The van der Waals surface area contributed by atoms with Gasteiger partial charge < -0.3 is 0 Å². The van der Waals surface area contributed by atoms with Crippen molar-refractivity contribution in [1.29, 1.82) is 0 Å². The molecule has 1 nitrogen and oxygen atoms in total. The fourth-order valence-corrected chi connectivity index (χ4v) is 1.92. The minimum absolute atomic E-state index is 0.0315. The maximum atomic E-state index is 12.0. The van der Waals surface area contributed by atoms with Gasteiger partial charge in [0.05, 0.1) is 0 Å². The SMILES string of the molecule is O=C(Cc1ccccc1)[C@H](Cl)c1ccccc1. The zero-order valence-corrected chi connectivity index (χ0v) is 10.1. The Kier molecular flexibility index (Phi) is 3.94. The van der Waals surface area contributed by atoms with Gasteiger partial charge in [-0.2, -0.15) is 0 Å². The molecule has 0 aromatic heterocycles. The molecule has 2 rings (SSSR count). The number of hydrogen-bond donors (Lipinski definition) is 0. The summed E-state index contributed by atoms with van der Waals surface area (Å²) in [6.07, 6.45) is 0.379. The largest absolute Gasteiger partial charge is 0.297 e. The maximum Gasteiger partial charge on any atom is 0.159 e. The number of Topliss-reactive ketones (excluding diaryl/α,β-unsaturated/α-hetero) is 1. The Morgan fingerprint density at radius 2 is 1.47 bits per heavy atom. The van der Waals surface area contributed by atoms with Crippen LogP contribution in [-0.4, -0.2) is 5.78 Å². The second-order valence-electron chi connectivity index (χ2n) is 3.90. The molecule has 1 atom stereocenters. The van der Waals surface area contributed by atoms with Crippen molar-refractivity contribution in [3.8, 4) is 0 Å². The summed E-state index contributed by atoms with van der Waals surface area (Å²) in [6.45, 7) is 0. The molecule has 0 saturated carbocycles. The van der Waals surface area contributed by atoms with Crippen LogP contribution >= 0.6 is 11.6 Å². The van der Waals surface area contributed by atoms with Crippen molar-refractivity contribution < 1.29 is 4.79 Å². The number of carbonyl (C=O) groups is 1. The lowest BCUT2D eigenvalue weighted by molar-refractivity contribution is -0.118. The summed E-state index contributed by atoms with van der Waals surface area (Å²) < 4.78 is 0. The smallest absolute Gasteiger partial charge is 0.159 e. The number of rotatable bonds is 4. The molecule has 2 heteroatoms. The predicted octanol–water partition coefficient (Wildman–Crippen LogP) is 3.78. The van der Waals surface area contributed by atoms with E-state index in [0.717, 1.165) is 11.1 Å². The highest BCUT2D eigenvalue weighted by atomic mass is 35.5. The summed E-state index contributed by atoms with van der Waals surface area (Å²) >= 11 is 6.16. The Morgan fingerprint density at radius 3 is 2.06 bits per heavy atom. The number of halogens is 1. The molecule has 0 unspecified atom stereocenters. The van der Waals surface area contributed by atoms with Crippen LogP contribution in [0.2, 0.25) is 0 Å². The molecule has 0 spiro atoms. The third-order valence-corrected chi connectivity index (χ3v) is 3.09. The fraction of sp³-hybridized carbons (Fsp3) is 0.133. The van der Waals surface area contributed by atoms with Crippen LogP contribution in [0.15, 0.2) is 60.7 Å². The van der Waals surface area contributed by atoms with Crippen molar-refractivity contribution in [2.75, 3.05) is 0 Å². The summed E-state index contributed by atoms with van der Waals surface area (Å²) in [4.78, 5) is 12.0. The van der Waals surface area contributed by atoms with E-state index in [1.165, 1.54) is 0 Å². The second-order valence-corrected chi connectivity index (χ2v) is 4.34. The molecule has 0 aliphatic carbocycles. The molecule has 0 aliphatic heterocycles. The van der Waals surface area contributed by atoms with Crippen LogP contribution in [0.4, 0.5) is 0 Å². The van der Waals surface area contributed by atoms with Crippen molar-refractivity contribution in [2.45, 2.75) is 11.8 Å². The van der Waals surface area contributed by atoms with Gasteiger partial charge in [-0.15, -0.1) is 11.6 Å². The van der Waals surface area contributed by atoms with Gasteiger partial charge in [-0.3, -0.25) is 4.79 Å². The van der Waals surface area contributed by atoms with Crippen molar-refractivity contribution >= 4 is 17.4 Å². The maximum absolute atomic E-state index is 12.0. The highest BCUT2D eigenvalue weighted by Gasteiger charge is 2.17. The first-order valence-electron chi connectivity index (χ1n) is 5.53. The van der Waals surface area contributed by atoms with Crippen LogP contribution in [0.3, 0.4) is 0 Å². The van der Waals surface area contributed by atoms with Gasteiger partial charge in [-0.05, 0) is 11.1 Å². The normalized spacial score (nSPS) is 12.1.